The van der Waals surface area contributed by atoms with Crippen molar-refractivity contribution in [3.8, 4) is 5.75 Å². The molecule has 2 aromatic rings. The quantitative estimate of drug-likeness (QED) is 0.577. The van der Waals surface area contributed by atoms with Gasteiger partial charge in [0, 0.05) is 5.46 Å². The zero-order valence-electron chi connectivity index (χ0n) is 17.1. The Kier molecular flexibility index (Phi) is 4.75. The van der Waals surface area contributed by atoms with Gasteiger partial charge in [0.2, 0.25) is 0 Å². The Balaban J connectivity index is 1.45. The van der Waals surface area contributed by atoms with Gasteiger partial charge in [-0.25, -0.2) is 0 Å². The van der Waals surface area contributed by atoms with Crippen LogP contribution >= 0.6 is 0 Å². The van der Waals surface area contributed by atoms with Crippen LogP contribution in [-0.4, -0.2) is 48.2 Å². The van der Waals surface area contributed by atoms with E-state index < -0.39 is 18.3 Å². The zero-order valence-corrected chi connectivity index (χ0v) is 17.1. The second-order valence-corrected chi connectivity index (χ2v) is 8.28. The van der Waals surface area contributed by atoms with Gasteiger partial charge >= 0.3 is 7.12 Å². The van der Waals surface area contributed by atoms with Crippen LogP contribution in [0.2, 0.25) is 0 Å². The number of carbonyl (C=O) groups excluding carboxylic acids is 2. The van der Waals surface area contributed by atoms with E-state index >= 15 is 0 Å². The molecule has 0 N–H and O–H groups in total. The summed E-state index contributed by atoms with van der Waals surface area (Å²) in [5, 5.41) is 0. The Morgan fingerprint density at radius 2 is 1.38 bits per heavy atom. The molecule has 4 rings (SSSR count). The summed E-state index contributed by atoms with van der Waals surface area (Å²) in [5.41, 5.74) is 0.759. The van der Waals surface area contributed by atoms with Gasteiger partial charge in [0.05, 0.1) is 28.9 Å². The minimum atomic E-state index is -0.546. The molecular weight excluding hydrogens is 369 g/mol. The number of hydrogen-bond donors (Lipinski definition) is 0. The number of rotatable bonds is 5. The highest BCUT2D eigenvalue weighted by Crippen LogP contribution is 2.37. The average molecular weight is 393 g/mol. The summed E-state index contributed by atoms with van der Waals surface area (Å²) in [6.45, 7) is 8.35. The smallest absolute Gasteiger partial charge is 0.492 e. The minimum absolute atomic E-state index is 0.171. The van der Waals surface area contributed by atoms with Crippen molar-refractivity contribution in [3.05, 3.63) is 59.7 Å². The predicted molar refractivity (Wildman–Crippen MR) is 109 cm³/mol. The number of benzene rings is 2. The Bertz CT molecular complexity index is 920. The summed E-state index contributed by atoms with van der Waals surface area (Å²) < 4.78 is 18.2. The first kappa shape index (κ1) is 19.7. The first-order valence-corrected chi connectivity index (χ1v) is 9.74. The molecular formula is C22H24BNO5. The van der Waals surface area contributed by atoms with E-state index in [1.165, 1.54) is 4.90 Å². The molecule has 2 amide bonds. The van der Waals surface area contributed by atoms with Crippen molar-refractivity contribution >= 4 is 24.4 Å². The van der Waals surface area contributed by atoms with Crippen LogP contribution in [0.25, 0.3) is 0 Å². The first-order chi connectivity index (χ1) is 13.7. The first-order valence-electron chi connectivity index (χ1n) is 9.74. The maximum Gasteiger partial charge on any atom is 0.498 e. The van der Waals surface area contributed by atoms with Gasteiger partial charge in [0.1, 0.15) is 12.4 Å². The molecule has 1 saturated heterocycles. The lowest BCUT2D eigenvalue weighted by Crippen LogP contribution is -2.41. The number of nitrogens with zero attached hydrogens (tertiary/aromatic N) is 1. The molecule has 0 spiro atoms. The van der Waals surface area contributed by atoms with E-state index in [-0.39, 0.29) is 25.0 Å². The van der Waals surface area contributed by atoms with E-state index in [1.807, 2.05) is 52.0 Å². The summed E-state index contributed by atoms with van der Waals surface area (Å²) in [7, 11) is -0.546. The monoisotopic (exact) mass is 393 g/mol. The third kappa shape index (κ3) is 3.34. The molecule has 2 heterocycles. The fraction of sp³-hybridized carbons (Fsp3) is 0.364. The summed E-state index contributed by atoms with van der Waals surface area (Å²) >= 11 is 0. The van der Waals surface area contributed by atoms with E-state index in [4.69, 9.17) is 14.0 Å². The molecule has 1 fully saturated rings. The van der Waals surface area contributed by atoms with Crippen LogP contribution in [0.3, 0.4) is 0 Å². The molecule has 6 nitrogen and oxygen atoms in total. The molecule has 0 radical (unpaired) electrons. The zero-order chi connectivity index (χ0) is 20.8. The summed E-state index contributed by atoms with van der Waals surface area (Å²) in [5.74, 6) is 0.0458. The highest BCUT2D eigenvalue weighted by Gasteiger charge is 2.52. The Labute approximate surface area is 170 Å². The molecule has 2 aliphatic heterocycles. The average Bonchev–Trinajstić information content (AvgIpc) is 3.05. The summed E-state index contributed by atoms with van der Waals surface area (Å²) in [6.07, 6.45) is 0. The maximum absolute atomic E-state index is 12.5. The molecule has 0 aliphatic carbocycles. The third-order valence-electron chi connectivity index (χ3n) is 5.88. The van der Waals surface area contributed by atoms with Gasteiger partial charge in [0.25, 0.3) is 11.8 Å². The molecule has 0 saturated carbocycles. The third-order valence-corrected chi connectivity index (χ3v) is 5.88. The number of amides is 2. The van der Waals surface area contributed by atoms with Crippen LogP contribution in [0.5, 0.6) is 5.75 Å². The van der Waals surface area contributed by atoms with Crippen LogP contribution in [0, 0.1) is 0 Å². The van der Waals surface area contributed by atoms with Crippen molar-refractivity contribution in [2.45, 2.75) is 38.9 Å². The number of para-hydroxylation sites is 1. The molecule has 0 unspecified atom stereocenters. The van der Waals surface area contributed by atoms with Crippen molar-refractivity contribution in [1.29, 1.82) is 0 Å². The van der Waals surface area contributed by atoms with E-state index in [1.54, 1.807) is 24.3 Å². The van der Waals surface area contributed by atoms with Crippen molar-refractivity contribution in [1.82, 2.24) is 4.90 Å². The lowest BCUT2D eigenvalue weighted by atomic mass is 9.78. The Morgan fingerprint density at radius 3 is 1.97 bits per heavy atom. The normalized spacial score (nSPS) is 19.6. The topological polar surface area (TPSA) is 65.1 Å². The van der Waals surface area contributed by atoms with Gasteiger partial charge in [-0.05, 0) is 45.9 Å². The van der Waals surface area contributed by atoms with Gasteiger partial charge in [0.15, 0.2) is 0 Å². The van der Waals surface area contributed by atoms with Crippen LogP contribution in [-0.2, 0) is 9.31 Å². The number of imide groups is 1. The van der Waals surface area contributed by atoms with E-state index in [9.17, 15) is 9.59 Å². The van der Waals surface area contributed by atoms with Crippen molar-refractivity contribution < 1.29 is 23.6 Å². The highest BCUT2D eigenvalue weighted by atomic mass is 16.7. The molecule has 150 valence electrons. The van der Waals surface area contributed by atoms with E-state index in [2.05, 4.69) is 0 Å². The molecule has 0 bridgehead atoms. The number of fused-ring (bicyclic) bond motifs is 1. The standard InChI is InChI=1S/C22H24BNO5/c1-21(2)22(3,4)29-23(28-21)17-11-7-8-12-18(17)27-14-13-24-19(25)15-9-5-6-10-16(15)20(24)26/h5-12H,13-14H2,1-4H3. The van der Waals surface area contributed by atoms with Crippen molar-refractivity contribution in [3.63, 3.8) is 0 Å². The lowest BCUT2D eigenvalue weighted by molar-refractivity contribution is 0.00578. The Morgan fingerprint density at radius 1 is 0.862 bits per heavy atom. The van der Waals surface area contributed by atoms with E-state index in [0.29, 0.717) is 16.9 Å². The molecule has 0 aromatic heterocycles. The molecule has 29 heavy (non-hydrogen) atoms. The van der Waals surface area contributed by atoms with Gasteiger partial charge in [-0.3, -0.25) is 14.5 Å². The Hall–Kier alpha value is -2.64. The lowest BCUT2D eigenvalue weighted by Gasteiger charge is -2.32. The van der Waals surface area contributed by atoms with Crippen LogP contribution in [0.1, 0.15) is 48.4 Å². The van der Waals surface area contributed by atoms with Crippen molar-refractivity contribution in [2.24, 2.45) is 0 Å². The minimum Gasteiger partial charge on any atom is -0.492 e. The second kappa shape index (κ2) is 7.00. The molecule has 2 aliphatic rings. The number of ether oxygens (including phenoxy) is 1. The fourth-order valence-corrected chi connectivity index (χ4v) is 3.47. The summed E-state index contributed by atoms with van der Waals surface area (Å²) in [4.78, 5) is 26.2. The second-order valence-electron chi connectivity index (χ2n) is 8.28. The summed E-state index contributed by atoms with van der Waals surface area (Å²) in [6, 6.07) is 14.4. The predicted octanol–water partition coefficient (Wildman–Crippen LogP) is 2.66. The van der Waals surface area contributed by atoms with Gasteiger partial charge in [-0.15, -0.1) is 0 Å². The van der Waals surface area contributed by atoms with Gasteiger partial charge < -0.3 is 14.0 Å². The SMILES string of the molecule is CC1(C)OB(c2ccccc2OCCN2C(=O)c3ccccc3C2=O)OC1(C)C. The van der Waals surface area contributed by atoms with Crippen LogP contribution < -0.4 is 10.2 Å². The molecule has 2 aromatic carbocycles. The fourth-order valence-electron chi connectivity index (χ4n) is 3.47. The van der Waals surface area contributed by atoms with Gasteiger partial charge in [-0.2, -0.15) is 0 Å². The number of carbonyl (C=O) groups is 2. The molecule has 0 atom stereocenters. The van der Waals surface area contributed by atoms with Crippen molar-refractivity contribution in [2.75, 3.05) is 13.2 Å². The largest absolute Gasteiger partial charge is 0.498 e. The maximum atomic E-state index is 12.5. The van der Waals surface area contributed by atoms with E-state index in [0.717, 1.165) is 5.46 Å². The van der Waals surface area contributed by atoms with Crippen LogP contribution in [0.15, 0.2) is 48.5 Å². The number of hydrogen-bond acceptors (Lipinski definition) is 5. The molecule has 7 heteroatoms. The van der Waals surface area contributed by atoms with Gasteiger partial charge in [-0.1, -0.05) is 30.3 Å². The highest BCUT2D eigenvalue weighted by molar-refractivity contribution is 6.63. The van der Waals surface area contributed by atoms with Crippen LogP contribution in [0.4, 0.5) is 0 Å².